The highest BCUT2D eigenvalue weighted by molar-refractivity contribution is 9.10. The predicted molar refractivity (Wildman–Crippen MR) is 75.3 cm³/mol. The largest absolute Gasteiger partial charge is 0.496 e. The van der Waals surface area contributed by atoms with Crippen molar-refractivity contribution in [3.8, 4) is 5.75 Å². The molecule has 0 atom stereocenters. The maximum Gasteiger partial charge on any atom is 0.264 e. The number of nitrogens with zero attached hydrogens (tertiary/aromatic N) is 1. The van der Waals surface area contributed by atoms with Crippen LogP contribution in [0.15, 0.2) is 21.4 Å². The van der Waals surface area contributed by atoms with Gasteiger partial charge in [0.25, 0.3) is 5.56 Å². The zero-order chi connectivity index (χ0) is 13.5. The Bertz CT molecular complexity index is 656. The molecule has 5 heteroatoms. The van der Waals surface area contributed by atoms with Crippen molar-refractivity contribution in [2.75, 3.05) is 7.11 Å². The molecule has 18 heavy (non-hydrogen) atoms. The van der Waals surface area contributed by atoms with E-state index in [1.54, 1.807) is 7.11 Å². The maximum absolute atomic E-state index is 11.4. The van der Waals surface area contributed by atoms with Crippen molar-refractivity contribution < 1.29 is 4.74 Å². The van der Waals surface area contributed by atoms with E-state index in [-0.39, 0.29) is 11.0 Å². The van der Waals surface area contributed by atoms with Crippen molar-refractivity contribution in [3.63, 3.8) is 0 Å². The number of methoxy groups -OCH3 is 1. The third-order valence-electron chi connectivity index (χ3n) is 2.81. The Morgan fingerprint density at radius 1 is 1.33 bits per heavy atom. The van der Waals surface area contributed by atoms with Crippen LogP contribution in [-0.2, 0) is 5.41 Å². The molecule has 1 aromatic heterocycles. The average molecular weight is 311 g/mol. The van der Waals surface area contributed by atoms with Gasteiger partial charge in [-0.05, 0) is 27.4 Å². The number of rotatable bonds is 1. The molecule has 0 aliphatic heterocycles. The normalized spacial score (nSPS) is 11.8. The monoisotopic (exact) mass is 310 g/mol. The fourth-order valence-corrected chi connectivity index (χ4v) is 2.47. The highest BCUT2D eigenvalue weighted by Crippen LogP contribution is 2.39. The van der Waals surface area contributed by atoms with Crippen molar-refractivity contribution in [3.05, 3.63) is 32.5 Å². The number of hydrogen-bond acceptors (Lipinski definition) is 3. The number of hydrogen-bond donors (Lipinski definition) is 1. The number of ether oxygens (including phenoxy) is 1. The summed E-state index contributed by atoms with van der Waals surface area (Å²) in [6, 6.07) is 3.51. The molecule has 0 fully saturated rings. The van der Waals surface area contributed by atoms with Gasteiger partial charge >= 0.3 is 0 Å². The highest BCUT2D eigenvalue weighted by atomic mass is 79.9. The number of H-pyrrole nitrogens is 1. The lowest BCUT2D eigenvalue weighted by Gasteiger charge is -2.23. The molecule has 0 unspecified atom stereocenters. The standard InChI is InChI=1S/C13H15BrN2O2/c1-13(2,3)8-6-9(14)11-7(12(8)18-4)5-10(17)15-16-11/h5-6H,1-4H3,(H,15,17). The van der Waals surface area contributed by atoms with Crippen molar-refractivity contribution in [1.82, 2.24) is 10.2 Å². The first kappa shape index (κ1) is 13.1. The Hall–Kier alpha value is -1.36. The Morgan fingerprint density at radius 2 is 2.00 bits per heavy atom. The van der Waals surface area contributed by atoms with Crippen LogP contribution < -0.4 is 10.3 Å². The molecule has 0 saturated heterocycles. The second-order valence-electron chi connectivity index (χ2n) is 5.18. The molecule has 2 rings (SSSR count). The summed E-state index contributed by atoms with van der Waals surface area (Å²) in [5.41, 5.74) is 1.42. The van der Waals surface area contributed by atoms with Crippen LogP contribution in [0.3, 0.4) is 0 Å². The van der Waals surface area contributed by atoms with Gasteiger partial charge in [-0.3, -0.25) is 4.79 Å². The molecule has 0 amide bonds. The molecule has 96 valence electrons. The van der Waals surface area contributed by atoms with Gasteiger partial charge in [0.1, 0.15) is 11.3 Å². The van der Waals surface area contributed by atoms with Crippen LogP contribution in [0, 0.1) is 0 Å². The van der Waals surface area contributed by atoms with Crippen molar-refractivity contribution in [1.29, 1.82) is 0 Å². The van der Waals surface area contributed by atoms with Crippen LogP contribution >= 0.6 is 15.9 Å². The smallest absolute Gasteiger partial charge is 0.264 e. The van der Waals surface area contributed by atoms with Gasteiger partial charge in [0.15, 0.2) is 0 Å². The molecular formula is C13H15BrN2O2. The molecule has 4 nitrogen and oxygen atoms in total. The predicted octanol–water partition coefficient (Wildman–Crippen LogP) is 2.99. The average Bonchev–Trinajstić information content (AvgIpc) is 2.27. The molecule has 0 radical (unpaired) electrons. The van der Waals surface area contributed by atoms with Crippen LogP contribution in [0.4, 0.5) is 0 Å². The van der Waals surface area contributed by atoms with E-state index in [0.717, 1.165) is 15.4 Å². The first-order chi connectivity index (χ1) is 8.34. The molecule has 1 N–H and O–H groups in total. The topological polar surface area (TPSA) is 55.0 Å². The van der Waals surface area contributed by atoms with E-state index in [0.29, 0.717) is 11.3 Å². The van der Waals surface area contributed by atoms with Crippen molar-refractivity contribution in [2.24, 2.45) is 0 Å². The van der Waals surface area contributed by atoms with E-state index in [4.69, 9.17) is 4.74 Å². The van der Waals surface area contributed by atoms with Crippen molar-refractivity contribution in [2.45, 2.75) is 26.2 Å². The second-order valence-corrected chi connectivity index (χ2v) is 6.04. The van der Waals surface area contributed by atoms with E-state index in [1.807, 2.05) is 6.07 Å². The number of nitrogens with one attached hydrogen (secondary N) is 1. The minimum atomic E-state index is -0.237. The summed E-state index contributed by atoms with van der Waals surface area (Å²) >= 11 is 3.49. The Morgan fingerprint density at radius 3 is 2.56 bits per heavy atom. The summed E-state index contributed by atoms with van der Waals surface area (Å²) in [6.45, 7) is 6.30. The summed E-state index contributed by atoms with van der Waals surface area (Å²) < 4.78 is 6.33. The molecule has 2 aromatic rings. The van der Waals surface area contributed by atoms with Crippen LogP contribution in [0.25, 0.3) is 10.9 Å². The summed E-state index contributed by atoms with van der Waals surface area (Å²) in [5.74, 6) is 0.708. The second kappa shape index (κ2) is 4.39. The Balaban J connectivity index is 2.95. The van der Waals surface area contributed by atoms with E-state index in [1.165, 1.54) is 6.07 Å². The summed E-state index contributed by atoms with van der Waals surface area (Å²) in [5, 5.41) is 7.20. The summed E-state index contributed by atoms with van der Waals surface area (Å²) in [6.07, 6.45) is 0. The summed E-state index contributed by atoms with van der Waals surface area (Å²) in [7, 11) is 1.61. The molecule has 0 aliphatic rings. The van der Waals surface area contributed by atoms with Gasteiger partial charge in [-0.2, -0.15) is 5.10 Å². The zero-order valence-electron chi connectivity index (χ0n) is 10.8. The van der Waals surface area contributed by atoms with E-state index < -0.39 is 0 Å². The molecule has 0 saturated carbocycles. The molecule has 1 heterocycles. The fourth-order valence-electron chi connectivity index (χ4n) is 1.94. The lowest BCUT2D eigenvalue weighted by Crippen LogP contribution is -2.14. The van der Waals surface area contributed by atoms with Crippen LogP contribution in [0.2, 0.25) is 0 Å². The lowest BCUT2D eigenvalue weighted by atomic mass is 9.85. The zero-order valence-corrected chi connectivity index (χ0v) is 12.4. The van der Waals surface area contributed by atoms with E-state index >= 15 is 0 Å². The van der Waals surface area contributed by atoms with Gasteiger partial charge in [-0.25, -0.2) is 5.10 Å². The fraction of sp³-hybridized carbons (Fsp3) is 0.385. The first-order valence-corrected chi connectivity index (χ1v) is 6.40. The number of benzene rings is 1. The number of aromatic nitrogens is 2. The molecular weight excluding hydrogens is 296 g/mol. The van der Waals surface area contributed by atoms with Crippen molar-refractivity contribution >= 4 is 26.8 Å². The number of fused-ring (bicyclic) bond motifs is 1. The quantitative estimate of drug-likeness (QED) is 0.881. The lowest BCUT2D eigenvalue weighted by molar-refractivity contribution is 0.402. The van der Waals surface area contributed by atoms with Gasteiger partial charge in [-0.1, -0.05) is 20.8 Å². The Kier molecular flexibility index (Phi) is 3.19. The molecule has 0 bridgehead atoms. The maximum atomic E-state index is 11.4. The van der Waals surface area contributed by atoms with Gasteiger partial charge in [-0.15, -0.1) is 0 Å². The third-order valence-corrected chi connectivity index (χ3v) is 3.41. The van der Waals surface area contributed by atoms with Gasteiger partial charge < -0.3 is 4.74 Å². The molecule has 0 spiro atoms. The highest BCUT2D eigenvalue weighted by Gasteiger charge is 2.22. The SMILES string of the molecule is COc1c(C(C)(C)C)cc(Br)c2n[nH]c(=O)cc12. The van der Waals surface area contributed by atoms with Crippen LogP contribution in [0.1, 0.15) is 26.3 Å². The van der Waals surface area contributed by atoms with E-state index in [2.05, 4.69) is 46.9 Å². The van der Waals surface area contributed by atoms with Gasteiger partial charge in [0, 0.05) is 16.1 Å². The number of halogens is 1. The van der Waals surface area contributed by atoms with E-state index in [9.17, 15) is 4.79 Å². The molecule has 1 aromatic carbocycles. The third kappa shape index (κ3) is 2.14. The minimum Gasteiger partial charge on any atom is -0.496 e. The molecule has 0 aliphatic carbocycles. The van der Waals surface area contributed by atoms with Crippen LogP contribution in [0.5, 0.6) is 5.75 Å². The minimum absolute atomic E-state index is 0.0787. The Labute approximate surface area is 113 Å². The van der Waals surface area contributed by atoms with Gasteiger partial charge in [0.2, 0.25) is 0 Å². The first-order valence-electron chi connectivity index (χ1n) is 5.61. The number of aromatic amines is 1. The van der Waals surface area contributed by atoms with Crippen LogP contribution in [-0.4, -0.2) is 17.3 Å². The summed E-state index contributed by atoms with van der Waals surface area (Å²) in [4.78, 5) is 11.4. The van der Waals surface area contributed by atoms with Gasteiger partial charge in [0.05, 0.1) is 12.5 Å².